The molecule has 0 aromatic carbocycles. The van der Waals surface area contributed by atoms with Crippen molar-refractivity contribution in [3.63, 3.8) is 0 Å². The van der Waals surface area contributed by atoms with Gasteiger partial charge in [-0.3, -0.25) is 8.57 Å². The number of hydrogen-bond donors (Lipinski definition) is 1. The SMILES string of the molecule is C=CCN.CCCCCCCCCCCCCOS(=O)(=O)CCCCCCF. The van der Waals surface area contributed by atoms with Gasteiger partial charge in [0.2, 0.25) is 0 Å². The lowest BCUT2D eigenvalue weighted by Crippen LogP contribution is -2.11. The van der Waals surface area contributed by atoms with Crippen molar-refractivity contribution in [1.82, 2.24) is 0 Å². The Bertz CT molecular complexity index is 403. The smallest absolute Gasteiger partial charge is 0.267 e. The summed E-state index contributed by atoms with van der Waals surface area (Å²) < 4.78 is 40.2. The minimum atomic E-state index is -3.38. The molecule has 4 nitrogen and oxygen atoms in total. The van der Waals surface area contributed by atoms with Crippen LogP contribution < -0.4 is 5.73 Å². The molecule has 0 heterocycles. The number of halogens is 1. The zero-order valence-corrected chi connectivity index (χ0v) is 19.1. The molecule has 0 aliphatic rings. The Labute approximate surface area is 174 Å². The van der Waals surface area contributed by atoms with E-state index < -0.39 is 10.1 Å². The van der Waals surface area contributed by atoms with Gasteiger partial charge in [-0.1, -0.05) is 90.0 Å². The standard InChI is InChI=1S/C19H39FO3S.C3H7N/c1-2-3-4-5-6-7-8-9-10-12-15-18-23-24(21,22)19-16-13-11-14-17-20;1-2-3-4/h2-19H2,1H3;2H,1,3-4H2. The van der Waals surface area contributed by atoms with Crippen molar-refractivity contribution in [1.29, 1.82) is 0 Å². The highest BCUT2D eigenvalue weighted by atomic mass is 32.2. The lowest BCUT2D eigenvalue weighted by molar-refractivity contribution is 0.305. The predicted octanol–water partition coefficient (Wildman–Crippen LogP) is 6.30. The summed E-state index contributed by atoms with van der Waals surface area (Å²) in [7, 11) is -3.38. The molecule has 170 valence electrons. The quantitative estimate of drug-likeness (QED) is 0.142. The number of hydrogen-bond acceptors (Lipinski definition) is 4. The van der Waals surface area contributed by atoms with E-state index in [1.807, 2.05) is 0 Å². The zero-order valence-electron chi connectivity index (χ0n) is 18.3. The minimum Gasteiger partial charge on any atom is -0.327 e. The molecule has 0 saturated carbocycles. The first-order valence-corrected chi connectivity index (χ1v) is 12.9. The maximum atomic E-state index is 11.9. The first-order chi connectivity index (χ1) is 13.5. The van der Waals surface area contributed by atoms with Gasteiger partial charge in [0.1, 0.15) is 0 Å². The largest absolute Gasteiger partial charge is 0.327 e. The van der Waals surface area contributed by atoms with Gasteiger partial charge in [0.25, 0.3) is 10.1 Å². The van der Waals surface area contributed by atoms with E-state index in [1.165, 1.54) is 57.8 Å². The van der Waals surface area contributed by atoms with Crippen molar-refractivity contribution in [3.8, 4) is 0 Å². The second-order valence-corrected chi connectivity index (χ2v) is 9.01. The Kier molecular flexibility index (Phi) is 26.1. The third-order valence-electron chi connectivity index (χ3n) is 4.46. The van der Waals surface area contributed by atoms with Gasteiger partial charge in [-0.25, -0.2) is 0 Å². The van der Waals surface area contributed by atoms with E-state index in [0.29, 0.717) is 26.0 Å². The van der Waals surface area contributed by atoms with E-state index >= 15 is 0 Å². The van der Waals surface area contributed by atoms with Crippen LogP contribution in [0.15, 0.2) is 12.7 Å². The highest BCUT2D eigenvalue weighted by Crippen LogP contribution is 2.12. The molecule has 0 radical (unpaired) electrons. The van der Waals surface area contributed by atoms with E-state index in [-0.39, 0.29) is 12.4 Å². The van der Waals surface area contributed by atoms with E-state index in [4.69, 9.17) is 9.92 Å². The van der Waals surface area contributed by atoms with Crippen LogP contribution in [-0.2, 0) is 14.3 Å². The average molecular weight is 424 g/mol. The first kappa shape index (κ1) is 29.7. The van der Waals surface area contributed by atoms with Gasteiger partial charge in [-0.05, 0) is 19.3 Å². The average Bonchev–Trinajstić information content (AvgIpc) is 2.68. The number of nitrogens with two attached hydrogens (primary N) is 1. The molecule has 0 spiro atoms. The molecule has 0 bridgehead atoms. The van der Waals surface area contributed by atoms with Crippen molar-refractivity contribution in [3.05, 3.63) is 12.7 Å². The molecule has 0 amide bonds. The van der Waals surface area contributed by atoms with E-state index in [9.17, 15) is 12.8 Å². The van der Waals surface area contributed by atoms with Crippen LogP contribution in [0.2, 0.25) is 0 Å². The van der Waals surface area contributed by atoms with Crippen LogP contribution in [-0.4, -0.2) is 34.0 Å². The van der Waals surface area contributed by atoms with Crippen LogP contribution in [0.4, 0.5) is 4.39 Å². The minimum absolute atomic E-state index is 0.0668. The van der Waals surface area contributed by atoms with Gasteiger partial charge < -0.3 is 5.73 Å². The Hall–Kier alpha value is -0.460. The lowest BCUT2D eigenvalue weighted by Gasteiger charge is -2.06. The molecule has 0 aliphatic carbocycles. The van der Waals surface area contributed by atoms with Gasteiger partial charge in [-0.2, -0.15) is 8.42 Å². The van der Waals surface area contributed by atoms with Crippen LogP contribution in [0.1, 0.15) is 103 Å². The maximum Gasteiger partial charge on any atom is 0.267 e. The Morgan fingerprint density at radius 2 is 1.25 bits per heavy atom. The van der Waals surface area contributed by atoms with Crippen molar-refractivity contribution in [2.24, 2.45) is 5.73 Å². The van der Waals surface area contributed by atoms with Crippen molar-refractivity contribution >= 4 is 10.1 Å². The summed E-state index contributed by atoms with van der Waals surface area (Å²) >= 11 is 0. The third-order valence-corrected chi connectivity index (χ3v) is 5.77. The molecule has 0 unspecified atom stereocenters. The summed E-state index contributed by atoms with van der Waals surface area (Å²) in [5.74, 6) is 0.0668. The fourth-order valence-corrected chi connectivity index (χ4v) is 3.79. The van der Waals surface area contributed by atoms with Gasteiger partial charge in [0, 0.05) is 6.54 Å². The highest BCUT2D eigenvalue weighted by molar-refractivity contribution is 7.86. The predicted molar refractivity (Wildman–Crippen MR) is 120 cm³/mol. The number of unbranched alkanes of at least 4 members (excludes halogenated alkanes) is 13. The fourth-order valence-electron chi connectivity index (χ4n) is 2.74. The monoisotopic (exact) mass is 423 g/mol. The molecule has 0 aromatic rings. The molecule has 0 aliphatic heterocycles. The lowest BCUT2D eigenvalue weighted by atomic mass is 10.1. The summed E-state index contributed by atoms with van der Waals surface area (Å²) in [6.07, 6.45) is 17.9. The van der Waals surface area contributed by atoms with E-state index in [1.54, 1.807) is 6.08 Å². The third kappa shape index (κ3) is 27.8. The van der Waals surface area contributed by atoms with Crippen LogP contribution in [0.5, 0.6) is 0 Å². The Morgan fingerprint density at radius 1 is 0.821 bits per heavy atom. The normalized spacial score (nSPS) is 11.1. The molecule has 0 rings (SSSR count). The molecule has 0 saturated heterocycles. The van der Waals surface area contributed by atoms with Crippen molar-refractivity contribution < 1.29 is 17.0 Å². The molecule has 0 fully saturated rings. The van der Waals surface area contributed by atoms with Gasteiger partial charge >= 0.3 is 0 Å². The summed E-state index contributed by atoms with van der Waals surface area (Å²) in [5, 5.41) is 0. The van der Waals surface area contributed by atoms with Crippen LogP contribution >= 0.6 is 0 Å². The van der Waals surface area contributed by atoms with Crippen LogP contribution in [0, 0.1) is 0 Å². The molecule has 6 heteroatoms. The summed E-state index contributed by atoms with van der Waals surface area (Å²) in [4.78, 5) is 0. The molecule has 0 atom stereocenters. The zero-order chi connectivity index (χ0) is 21.3. The molecule has 2 N–H and O–H groups in total. The fraction of sp³-hybridized carbons (Fsp3) is 0.909. The van der Waals surface area contributed by atoms with Gasteiger partial charge in [-0.15, -0.1) is 6.58 Å². The molecular formula is C22H46FNO3S. The maximum absolute atomic E-state index is 11.9. The number of alkyl halides is 1. The topological polar surface area (TPSA) is 69.4 Å². The summed E-state index contributed by atoms with van der Waals surface area (Å²) in [6.45, 7) is 6.17. The molecular weight excluding hydrogens is 377 g/mol. The van der Waals surface area contributed by atoms with Gasteiger partial charge in [0.15, 0.2) is 0 Å². The van der Waals surface area contributed by atoms with E-state index in [2.05, 4.69) is 13.5 Å². The molecule has 0 aromatic heterocycles. The van der Waals surface area contributed by atoms with Crippen molar-refractivity contribution in [2.75, 3.05) is 25.6 Å². The van der Waals surface area contributed by atoms with Gasteiger partial charge in [0.05, 0.1) is 19.0 Å². The summed E-state index contributed by atoms with van der Waals surface area (Å²) in [5.41, 5.74) is 4.91. The van der Waals surface area contributed by atoms with Crippen LogP contribution in [0.3, 0.4) is 0 Å². The Morgan fingerprint density at radius 3 is 1.71 bits per heavy atom. The number of rotatable bonds is 20. The summed E-state index contributed by atoms with van der Waals surface area (Å²) in [6, 6.07) is 0. The van der Waals surface area contributed by atoms with Crippen LogP contribution in [0.25, 0.3) is 0 Å². The second kappa shape index (κ2) is 24.6. The first-order valence-electron chi connectivity index (χ1n) is 11.3. The second-order valence-electron chi connectivity index (χ2n) is 7.25. The van der Waals surface area contributed by atoms with E-state index in [0.717, 1.165) is 25.7 Å². The molecule has 28 heavy (non-hydrogen) atoms. The van der Waals surface area contributed by atoms with Crippen molar-refractivity contribution in [2.45, 2.75) is 103 Å². The Balaban J connectivity index is 0. The highest BCUT2D eigenvalue weighted by Gasteiger charge is 2.10.